The number of thiazole rings is 1. The zero-order chi connectivity index (χ0) is 12.4. The van der Waals surface area contributed by atoms with Gasteiger partial charge in [0.25, 0.3) is 0 Å². The lowest BCUT2D eigenvalue weighted by molar-refractivity contribution is 0.305. The zero-order valence-corrected chi connectivity index (χ0v) is 12.1. The van der Waals surface area contributed by atoms with E-state index in [0.29, 0.717) is 12.3 Å². The van der Waals surface area contributed by atoms with Crippen LogP contribution in [0, 0.1) is 13.8 Å². The molecule has 1 aromatic heterocycles. The number of anilines is 1. The van der Waals surface area contributed by atoms with Crippen LogP contribution in [-0.4, -0.2) is 4.98 Å². The van der Waals surface area contributed by atoms with Crippen molar-refractivity contribution in [1.29, 1.82) is 0 Å². The largest absolute Gasteiger partial charge is 0.484 e. The number of hydrogen-bond donors (Lipinski definition) is 1. The molecule has 0 spiro atoms. The van der Waals surface area contributed by atoms with E-state index >= 15 is 0 Å². The van der Waals surface area contributed by atoms with E-state index in [1.54, 1.807) is 11.3 Å². The first-order valence-corrected chi connectivity index (χ1v) is 6.83. The van der Waals surface area contributed by atoms with E-state index in [0.717, 1.165) is 26.5 Å². The molecule has 0 aliphatic carbocycles. The number of hydrogen-bond acceptors (Lipinski definition) is 4. The number of aromatic nitrogens is 1. The van der Waals surface area contributed by atoms with Crippen LogP contribution < -0.4 is 10.5 Å². The molecule has 0 atom stereocenters. The maximum atomic E-state index is 5.92. The molecule has 90 valence electrons. The van der Waals surface area contributed by atoms with Crippen LogP contribution in [0.1, 0.15) is 16.3 Å². The van der Waals surface area contributed by atoms with Crippen LogP contribution in [0.25, 0.3) is 0 Å². The van der Waals surface area contributed by atoms with E-state index in [9.17, 15) is 0 Å². The van der Waals surface area contributed by atoms with Gasteiger partial charge in [-0.2, -0.15) is 0 Å². The van der Waals surface area contributed by atoms with Gasteiger partial charge in [0.05, 0.1) is 5.69 Å². The minimum atomic E-state index is 0.463. The number of benzene rings is 1. The van der Waals surface area contributed by atoms with Gasteiger partial charge < -0.3 is 10.5 Å². The van der Waals surface area contributed by atoms with Crippen LogP contribution in [-0.2, 0) is 6.61 Å². The highest BCUT2D eigenvalue weighted by Gasteiger charge is 2.07. The average molecular weight is 313 g/mol. The molecule has 1 aromatic carbocycles. The van der Waals surface area contributed by atoms with Crippen molar-refractivity contribution >= 4 is 33.0 Å². The fourth-order valence-corrected chi connectivity index (χ4v) is 2.83. The Bertz CT molecular complexity index is 516. The summed E-state index contributed by atoms with van der Waals surface area (Å²) < 4.78 is 6.69. The molecule has 0 fully saturated rings. The molecule has 5 heteroatoms. The summed E-state index contributed by atoms with van der Waals surface area (Å²) in [6, 6.07) is 3.83. The fourth-order valence-electron chi connectivity index (χ4n) is 1.56. The van der Waals surface area contributed by atoms with Gasteiger partial charge in [-0.1, -0.05) is 15.9 Å². The number of rotatable bonds is 3. The summed E-state index contributed by atoms with van der Waals surface area (Å²) in [5.41, 5.74) is 8.60. The third-order valence-electron chi connectivity index (χ3n) is 2.27. The Balaban J connectivity index is 2.14. The van der Waals surface area contributed by atoms with Gasteiger partial charge in [0, 0.05) is 15.5 Å². The van der Waals surface area contributed by atoms with Crippen LogP contribution in [0.3, 0.4) is 0 Å². The van der Waals surface area contributed by atoms with E-state index in [4.69, 9.17) is 10.5 Å². The third kappa shape index (κ3) is 2.98. The van der Waals surface area contributed by atoms with E-state index in [-0.39, 0.29) is 0 Å². The predicted molar refractivity (Wildman–Crippen MR) is 74.5 cm³/mol. The molecule has 2 rings (SSSR count). The molecule has 3 nitrogen and oxygen atoms in total. The molecule has 0 saturated heterocycles. The maximum Gasteiger partial charge on any atom is 0.145 e. The number of nitrogens with zero attached hydrogens (tertiary/aromatic N) is 1. The number of ether oxygens (including phenoxy) is 1. The second kappa shape index (κ2) is 5.06. The van der Waals surface area contributed by atoms with Crippen LogP contribution in [0.15, 0.2) is 22.0 Å². The molecule has 2 N–H and O–H groups in total. The molecule has 0 bridgehead atoms. The van der Waals surface area contributed by atoms with Gasteiger partial charge in [-0.05, 0) is 31.5 Å². The van der Waals surface area contributed by atoms with Gasteiger partial charge in [0.1, 0.15) is 17.4 Å². The van der Waals surface area contributed by atoms with E-state index in [1.807, 2.05) is 31.4 Å². The lowest BCUT2D eigenvalue weighted by Gasteiger charge is -2.11. The van der Waals surface area contributed by atoms with Crippen LogP contribution >= 0.6 is 27.3 Å². The molecule has 1 heterocycles. The second-order valence-electron chi connectivity index (χ2n) is 3.81. The van der Waals surface area contributed by atoms with Crippen molar-refractivity contribution in [2.45, 2.75) is 20.5 Å². The first-order chi connectivity index (χ1) is 8.06. The lowest BCUT2D eigenvalue weighted by Crippen LogP contribution is -2.00. The maximum absolute atomic E-state index is 5.92. The molecule has 0 saturated carbocycles. The van der Waals surface area contributed by atoms with E-state index in [2.05, 4.69) is 20.9 Å². The molecule has 0 unspecified atom stereocenters. The van der Waals surface area contributed by atoms with Crippen LogP contribution in [0.2, 0.25) is 0 Å². The highest BCUT2D eigenvalue weighted by molar-refractivity contribution is 9.10. The zero-order valence-electron chi connectivity index (χ0n) is 9.66. The van der Waals surface area contributed by atoms with Crippen molar-refractivity contribution in [3.8, 4) is 5.75 Å². The summed E-state index contributed by atoms with van der Waals surface area (Å²) in [5, 5.41) is 2.97. The Morgan fingerprint density at radius 2 is 2.18 bits per heavy atom. The molecular weight excluding hydrogens is 300 g/mol. The Kier molecular flexibility index (Phi) is 3.69. The lowest BCUT2D eigenvalue weighted by atomic mass is 10.2. The highest BCUT2D eigenvalue weighted by Crippen LogP contribution is 2.30. The van der Waals surface area contributed by atoms with Crippen molar-refractivity contribution in [3.05, 3.63) is 38.3 Å². The van der Waals surface area contributed by atoms with Gasteiger partial charge in [-0.25, -0.2) is 4.98 Å². The van der Waals surface area contributed by atoms with Gasteiger partial charge >= 0.3 is 0 Å². The Hall–Kier alpha value is -1.07. The van der Waals surface area contributed by atoms with Gasteiger partial charge in [-0.15, -0.1) is 11.3 Å². The Morgan fingerprint density at radius 3 is 2.76 bits per heavy atom. The molecule has 0 aliphatic heterocycles. The van der Waals surface area contributed by atoms with Gasteiger partial charge in [0.2, 0.25) is 0 Å². The number of nitrogen functional groups attached to an aromatic ring is 1. The van der Waals surface area contributed by atoms with Crippen molar-refractivity contribution in [3.63, 3.8) is 0 Å². The smallest absolute Gasteiger partial charge is 0.145 e. The molecule has 17 heavy (non-hydrogen) atoms. The quantitative estimate of drug-likeness (QED) is 0.879. The number of aryl methyl sites for hydroxylation is 2. The van der Waals surface area contributed by atoms with Gasteiger partial charge in [0.15, 0.2) is 0 Å². The van der Waals surface area contributed by atoms with Gasteiger partial charge in [-0.3, -0.25) is 0 Å². The molecular formula is C12H13BrN2OS. The highest BCUT2D eigenvalue weighted by atomic mass is 79.9. The SMILES string of the molecule is Cc1csc(COc2c(C)cc(Br)cc2N)n1. The first kappa shape index (κ1) is 12.4. The Labute approximate surface area is 113 Å². The second-order valence-corrected chi connectivity index (χ2v) is 5.67. The number of nitrogens with two attached hydrogens (primary N) is 1. The number of halogens is 1. The molecule has 0 radical (unpaired) electrons. The van der Waals surface area contributed by atoms with Crippen LogP contribution in [0.5, 0.6) is 5.75 Å². The third-order valence-corrected chi connectivity index (χ3v) is 3.67. The average Bonchev–Trinajstić information content (AvgIpc) is 2.62. The summed E-state index contributed by atoms with van der Waals surface area (Å²) in [6.45, 7) is 4.41. The Morgan fingerprint density at radius 1 is 1.41 bits per heavy atom. The standard InChI is InChI=1S/C12H13BrN2OS/c1-7-3-9(13)4-10(14)12(7)16-5-11-15-8(2)6-17-11/h3-4,6H,5,14H2,1-2H3. The minimum Gasteiger partial charge on any atom is -0.484 e. The summed E-state index contributed by atoms with van der Waals surface area (Å²) >= 11 is 5.00. The topological polar surface area (TPSA) is 48.1 Å². The molecule has 0 amide bonds. The predicted octanol–water partition coefficient (Wildman–Crippen LogP) is 3.68. The minimum absolute atomic E-state index is 0.463. The van der Waals surface area contributed by atoms with Crippen molar-refractivity contribution in [2.75, 3.05) is 5.73 Å². The van der Waals surface area contributed by atoms with Crippen LogP contribution in [0.4, 0.5) is 5.69 Å². The summed E-state index contributed by atoms with van der Waals surface area (Å²) in [4.78, 5) is 4.35. The van der Waals surface area contributed by atoms with E-state index in [1.165, 1.54) is 0 Å². The van der Waals surface area contributed by atoms with Crippen molar-refractivity contribution < 1.29 is 4.74 Å². The molecule has 0 aliphatic rings. The monoisotopic (exact) mass is 312 g/mol. The van der Waals surface area contributed by atoms with Crippen molar-refractivity contribution in [1.82, 2.24) is 4.98 Å². The normalized spacial score (nSPS) is 10.5. The van der Waals surface area contributed by atoms with E-state index < -0.39 is 0 Å². The molecule has 2 aromatic rings. The summed E-state index contributed by atoms with van der Waals surface area (Å²) in [7, 11) is 0. The first-order valence-electron chi connectivity index (χ1n) is 5.15. The fraction of sp³-hybridized carbons (Fsp3) is 0.250. The van der Waals surface area contributed by atoms with Crippen molar-refractivity contribution in [2.24, 2.45) is 0 Å². The summed E-state index contributed by atoms with van der Waals surface area (Å²) in [6.07, 6.45) is 0. The summed E-state index contributed by atoms with van der Waals surface area (Å²) in [5.74, 6) is 0.737.